The molecule has 1 amide bonds. The number of rotatable bonds is 4. The molecule has 0 radical (unpaired) electrons. The van der Waals surface area contributed by atoms with Gasteiger partial charge in [-0.25, -0.2) is 0 Å². The van der Waals surface area contributed by atoms with E-state index in [9.17, 15) is 4.79 Å². The van der Waals surface area contributed by atoms with E-state index in [2.05, 4.69) is 10.6 Å². The van der Waals surface area contributed by atoms with Gasteiger partial charge in [0.2, 0.25) is 0 Å². The van der Waals surface area contributed by atoms with Crippen LogP contribution in [0.15, 0.2) is 84.9 Å². The van der Waals surface area contributed by atoms with Crippen molar-refractivity contribution in [2.24, 2.45) is 0 Å². The Morgan fingerprint density at radius 1 is 0.636 bits per heavy atom. The van der Waals surface area contributed by atoms with Crippen molar-refractivity contribution in [2.75, 3.05) is 10.6 Å². The monoisotopic (exact) mass is 288 g/mol. The lowest BCUT2D eigenvalue weighted by molar-refractivity contribution is 0.102. The van der Waals surface area contributed by atoms with Gasteiger partial charge in [0.05, 0.1) is 11.3 Å². The van der Waals surface area contributed by atoms with Crippen LogP contribution in [0.2, 0.25) is 0 Å². The molecular weight excluding hydrogens is 272 g/mol. The first-order valence-electron chi connectivity index (χ1n) is 7.10. The molecule has 0 saturated carbocycles. The normalized spacial score (nSPS) is 10.0. The Labute approximate surface area is 129 Å². The van der Waals surface area contributed by atoms with Crippen LogP contribution in [0.25, 0.3) is 0 Å². The van der Waals surface area contributed by atoms with Crippen LogP contribution in [0.3, 0.4) is 0 Å². The van der Waals surface area contributed by atoms with Gasteiger partial charge in [-0.05, 0) is 36.4 Å². The molecule has 0 heterocycles. The predicted molar refractivity (Wildman–Crippen MR) is 90.6 cm³/mol. The van der Waals surface area contributed by atoms with Crippen molar-refractivity contribution in [3.05, 3.63) is 90.5 Å². The van der Waals surface area contributed by atoms with E-state index in [1.54, 1.807) is 0 Å². The fraction of sp³-hybridized carbons (Fsp3) is 0. The summed E-state index contributed by atoms with van der Waals surface area (Å²) in [5.41, 5.74) is 3.11. The number of carbonyl (C=O) groups excluding carboxylic acids is 1. The molecule has 0 aromatic heterocycles. The van der Waals surface area contributed by atoms with Gasteiger partial charge in [-0.15, -0.1) is 0 Å². The van der Waals surface area contributed by atoms with Gasteiger partial charge in [-0.1, -0.05) is 48.5 Å². The van der Waals surface area contributed by atoms with Gasteiger partial charge in [-0.3, -0.25) is 4.79 Å². The van der Waals surface area contributed by atoms with Crippen LogP contribution >= 0.6 is 0 Å². The van der Waals surface area contributed by atoms with E-state index in [0.717, 1.165) is 17.1 Å². The van der Waals surface area contributed by atoms with Crippen LogP contribution in [0, 0.1) is 0 Å². The molecule has 3 heteroatoms. The fourth-order valence-corrected chi connectivity index (χ4v) is 2.19. The number of hydrogen-bond acceptors (Lipinski definition) is 2. The second-order valence-corrected chi connectivity index (χ2v) is 4.86. The molecule has 2 N–H and O–H groups in total. The number of anilines is 3. The third-order valence-corrected chi connectivity index (χ3v) is 3.26. The van der Waals surface area contributed by atoms with Crippen molar-refractivity contribution in [2.45, 2.75) is 0 Å². The fourth-order valence-electron chi connectivity index (χ4n) is 2.19. The summed E-state index contributed by atoms with van der Waals surface area (Å²) in [4.78, 5) is 12.5. The molecule has 0 bridgehead atoms. The molecule has 0 aliphatic carbocycles. The summed E-state index contributed by atoms with van der Waals surface area (Å²) in [6.45, 7) is 0. The first kappa shape index (κ1) is 13.9. The Hall–Kier alpha value is -3.07. The van der Waals surface area contributed by atoms with E-state index >= 15 is 0 Å². The summed E-state index contributed by atoms with van der Waals surface area (Å²) >= 11 is 0. The smallest absolute Gasteiger partial charge is 0.257 e. The van der Waals surface area contributed by atoms with E-state index < -0.39 is 0 Å². The minimum atomic E-state index is -0.134. The number of benzene rings is 3. The molecule has 3 nitrogen and oxygen atoms in total. The Morgan fingerprint density at radius 3 is 1.86 bits per heavy atom. The van der Waals surface area contributed by atoms with Crippen LogP contribution in [-0.4, -0.2) is 5.91 Å². The summed E-state index contributed by atoms with van der Waals surface area (Å²) in [5.74, 6) is -0.134. The van der Waals surface area contributed by atoms with Gasteiger partial charge < -0.3 is 10.6 Å². The molecule has 0 fully saturated rings. The highest BCUT2D eigenvalue weighted by Crippen LogP contribution is 2.21. The van der Waals surface area contributed by atoms with E-state index in [4.69, 9.17) is 0 Å². The number of hydrogen-bond donors (Lipinski definition) is 2. The van der Waals surface area contributed by atoms with Crippen LogP contribution in [0.5, 0.6) is 0 Å². The molecule has 0 unspecified atom stereocenters. The first-order chi connectivity index (χ1) is 10.8. The van der Waals surface area contributed by atoms with Crippen molar-refractivity contribution in [1.82, 2.24) is 0 Å². The van der Waals surface area contributed by atoms with Gasteiger partial charge in [-0.2, -0.15) is 0 Å². The first-order valence-corrected chi connectivity index (χ1v) is 7.10. The molecule has 0 aliphatic rings. The zero-order chi connectivity index (χ0) is 15.2. The van der Waals surface area contributed by atoms with Crippen molar-refractivity contribution < 1.29 is 4.79 Å². The van der Waals surface area contributed by atoms with Crippen molar-refractivity contribution in [3.8, 4) is 0 Å². The average Bonchev–Trinajstić information content (AvgIpc) is 2.57. The Kier molecular flexibility index (Phi) is 4.16. The van der Waals surface area contributed by atoms with Crippen molar-refractivity contribution in [1.29, 1.82) is 0 Å². The highest BCUT2D eigenvalue weighted by atomic mass is 16.1. The van der Waals surface area contributed by atoms with E-state index in [1.165, 1.54) is 0 Å². The Bertz CT molecular complexity index is 755. The lowest BCUT2D eigenvalue weighted by atomic mass is 10.1. The summed E-state index contributed by atoms with van der Waals surface area (Å²) in [5, 5.41) is 6.18. The molecule has 0 aliphatic heterocycles. The predicted octanol–water partition coefficient (Wildman–Crippen LogP) is 4.68. The quantitative estimate of drug-likeness (QED) is 0.731. The Morgan fingerprint density at radius 2 is 1.18 bits per heavy atom. The molecule has 0 spiro atoms. The van der Waals surface area contributed by atoms with Crippen LogP contribution in [-0.2, 0) is 0 Å². The lowest BCUT2D eigenvalue weighted by Crippen LogP contribution is -2.13. The average molecular weight is 288 g/mol. The topological polar surface area (TPSA) is 41.1 Å². The van der Waals surface area contributed by atoms with Gasteiger partial charge in [0, 0.05) is 11.4 Å². The summed E-state index contributed by atoms with van der Waals surface area (Å²) < 4.78 is 0. The van der Waals surface area contributed by atoms with Crippen molar-refractivity contribution in [3.63, 3.8) is 0 Å². The van der Waals surface area contributed by atoms with Gasteiger partial charge >= 0.3 is 0 Å². The number of para-hydroxylation sites is 3. The van der Waals surface area contributed by atoms with Gasteiger partial charge in [0.15, 0.2) is 0 Å². The highest BCUT2D eigenvalue weighted by Gasteiger charge is 2.11. The molecule has 3 rings (SSSR count). The third kappa shape index (κ3) is 3.33. The maximum Gasteiger partial charge on any atom is 0.257 e. The van der Waals surface area contributed by atoms with Gasteiger partial charge in [0.1, 0.15) is 0 Å². The number of amides is 1. The van der Waals surface area contributed by atoms with Crippen molar-refractivity contribution >= 4 is 23.0 Å². The van der Waals surface area contributed by atoms with E-state index in [-0.39, 0.29) is 5.91 Å². The SMILES string of the molecule is O=C(Nc1ccccc1)c1ccccc1Nc1ccccc1. The zero-order valence-corrected chi connectivity index (χ0v) is 12.0. The maximum atomic E-state index is 12.5. The minimum Gasteiger partial charge on any atom is -0.355 e. The second-order valence-electron chi connectivity index (χ2n) is 4.86. The molecule has 3 aromatic carbocycles. The van der Waals surface area contributed by atoms with E-state index in [1.807, 2.05) is 84.9 Å². The largest absolute Gasteiger partial charge is 0.355 e. The number of nitrogens with one attached hydrogen (secondary N) is 2. The van der Waals surface area contributed by atoms with E-state index in [0.29, 0.717) is 5.56 Å². The molecular formula is C19H16N2O. The summed E-state index contributed by atoms with van der Waals surface area (Å²) in [6.07, 6.45) is 0. The molecule has 0 atom stereocenters. The second kappa shape index (κ2) is 6.59. The zero-order valence-electron chi connectivity index (χ0n) is 12.0. The molecule has 22 heavy (non-hydrogen) atoms. The van der Waals surface area contributed by atoms with Crippen LogP contribution in [0.4, 0.5) is 17.1 Å². The van der Waals surface area contributed by atoms with Crippen LogP contribution < -0.4 is 10.6 Å². The molecule has 108 valence electrons. The highest BCUT2D eigenvalue weighted by molar-refractivity contribution is 6.08. The number of carbonyl (C=O) groups is 1. The van der Waals surface area contributed by atoms with Crippen LogP contribution in [0.1, 0.15) is 10.4 Å². The standard InChI is InChI=1S/C19H16N2O/c22-19(21-16-11-5-2-6-12-16)17-13-7-8-14-18(17)20-15-9-3-1-4-10-15/h1-14,20H,(H,21,22). The third-order valence-electron chi connectivity index (χ3n) is 3.26. The maximum absolute atomic E-state index is 12.5. The minimum absolute atomic E-state index is 0.134. The lowest BCUT2D eigenvalue weighted by Gasteiger charge is -2.12. The molecule has 0 saturated heterocycles. The molecule has 3 aromatic rings. The summed E-state index contributed by atoms with van der Waals surface area (Å²) in [6, 6.07) is 26.7. The Balaban J connectivity index is 1.83. The summed E-state index contributed by atoms with van der Waals surface area (Å²) in [7, 11) is 0. The van der Waals surface area contributed by atoms with Gasteiger partial charge in [0.25, 0.3) is 5.91 Å².